The summed E-state index contributed by atoms with van der Waals surface area (Å²) < 4.78 is 2.22. The molecule has 3 heteroatoms. The molecule has 1 aliphatic rings. The van der Waals surface area contributed by atoms with Crippen LogP contribution in [0, 0.1) is 11.8 Å². The Balaban J connectivity index is 1.94. The molecule has 0 spiro atoms. The Kier molecular flexibility index (Phi) is 3.52. The quantitative estimate of drug-likeness (QED) is 0.827. The molecule has 1 aliphatic carbocycles. The van der Waals surface area contributed by atoms with E-state index in [1.54, 1.807) is 0 Å². The van der Waals surface area contributed by atoms with Crippen LogP contribution in [0.3, 0.4) is 0 Å². The minimum atomic E-state index is 0.557. The highest BCUT2D eigenvalue weighted by atomic mass is 15.2. The van der Waals surface area contributed by atoms with Gasteiger partial charge in [-0.25, -0.2) is 4.98 Å². The first kappa shape index (κ1) is 11.5. The van der Waals surface area contributed by atoms with Gasteiger partial charge in [0, 0.05) is 25.0 Å². The summed E-state index contributed by atoms with van der Waals surface area (Å²) in [5.41, 5.74) is 0. The van der Waals surface area contributed by atoms with Crippen LogP contribution in [-0.2, 0) is 6.54 Å². The maximum atomic E-state index is 4.40. The van der Waals surface area contributed by atoms with E-state index < -0.39 is 0 Å². The van der Waals surface area contributed by atoms with E-state index in [2.05, 4.69) is 41.8 Å². The highest BCUT2D eigenvalue weighted by Crippen LogP contribution is 2.30. The van der Waals surface area contributed by atoms with Crippen molar-refractivity contribution in [1.82, 2.24) is 9.55 Å². The minimum Gasteiger partial charge on any atom is -0.353 e. The summed E-state index contributed by atoms with van der Waals surface area (Å²) >= 11 is 0. The number of aromatic nitrogens is 2. The number of imidazole rings is 1. The van der Waals surface area contributed by atoms with Crippen LogP contribution in [0.4, 0.5) is 5.95 Å². The predicted octanol–water partition coefficient (Wildman–Crippen LogP) is 3.14. The number of nitrogens with zero attached hydrogens (tertiary/aromatic N) is 2. The van der Waals surface area contributed by atoms with Crippen molar-refractivity contribution in [3.63, 3.8) is 0 Å². The van der Waals surface area contributed by atoms with E-state index in [-0.39, 0.29) is 0 Å². The zero-order valence-electron chi connectivity index (χ0n) is 10.6. The van der Waals surface area contributed by atoms with Gasteiger partial charge in [0.05, 0.1) is 0 Å². The molecule has 0 radical (unpaired) electrons. The van der Waals surface area contributed by atoms with Crippen molar-refractivity contribution < 1.29 is 0 Å². The maximum Gasteiger partial charge on any atom is 0.202 e. The molecule has 0 aliphatic heterocycles. The van der Waals surface area contributed by atoms with Gasteiger partial charge in [0.25, 0.3) is 0 Å². The molecule has 1 unspecified atom stereocenters. The number of hydrogen-bond acceptors (Lipinski definition) is 2. The zero-order chi connectivity index (χ0) is 11.5. The molecule has 0 bridgehead atoms. The second-order valence-corrected chi connectivity index (χ2v) is 5.42. The van der Waals surface area contributed by atoms with Crippen molar-refractivity contribution in [2.45, 2.75) is 52.6 Å². The lowest BCUT2D eigenvalue weighted by Crippen LogP contribution is -2.32. The van der Waals surface area contributed by atoms with Gasteiger partial charge in [-0.2, -0.15) is 0 Å². The van der Waals surface area contributed by atoms with Crippen molar-refractivity contribution >= 4 is 5.95 Å². The lowest BCUT2D eigenvalue weighted by molar-refractivity contribution is 0.284. The second kappa shape index (κ2) is 4.89. The minimum absolute atomic E-state index is 0.557. The summed E-state index contributed by atoms with van der Waals surface area (Å²) in [4.78, 5) is 4.40. The first-order chi connectivity index (χ1) is 7.66. The van der Waals surface area contributed by atoms with Gasteiger partial charge >= 0.3 is 0 Å². The molecule has 1 fully saturated rings. The first-order valence-electron chi connectivity index (χ1n) is 6.44. The molecule has 1 atom stereocenters. The Hall–Kier alpha value is -0.990. The van der Waals surface area contributed by atoms with Crippen LogP contribution in [0.5, 0.6) is 0 Å². The van der Waals surface area contributed by atoms with Gasteiger partial charge in [-0.15, -0.1) is 0 Å². The van der Waals surface area contributed by atoms with E-state index in [1.165, 1.54) is 19.3 Å². The molecule has 1 aromatic heterocycles. The Morgan fingerprint density at radius 2 is 2.19 bits per heavy atom. The Morgan fingerprint density at radius 1 is 1.44 bits per heavy atom. The molecule has 1 N–H and O–H groups in total. The van der Waals surface area contributed by atoms with Gasteiger partial charge < -0.3 is 9.88 Å². The zero-order valence-corrected chi connectivity index (χ0v) is 10.6. The summed E-state index contributed by atoms with van der Waals surface area (Å²) in [6, 6.07) is 0.557. The van der Waals surface area contributed by atoms with Crippen molar-refractivity contribution in [1.29, 1.82) is 0 Å². The summed E-state index contributed by atoms with van der Waals surface area (Å²) in [5, 5.41) is 3.55. The van der Waals surface area contributed by atoms with Gasteiger partial charge in [-0.3, -0.25) is 0 Å². The monoisotopic (exact) mass is 221 g/mol. The van der Waals surface area contributed by atoms with E-state index >= 15 is 0 Å². The summed E-state index contributed by atoms with van der Waals surface area (Å²) in [5.74, 6) is 2.55. The number of rotatable bonds is 5. The highest BCUT2D eigenvalue weighted by Gasteiger charge is 2.24. The summed E-state index contributed by atoms with van der Waals surface area (Å²) in [6.07, 6.45) is 8.10. The number of anilines is 1. The molecule has 16 heavy (non-hydrogen) atoms. The molecule has 0 aromatic carbocycles. The molecule has 3 nitrogen and oxygen atoms in total. The SMILES string of the molecule is CC(C)Cn1ccnc1NC(C)C1CCC1. The standard InChI is InChI=1S/C13H23N3/c1-10(2)9-16-8-7-14-13(16)15-11(3)12-5-4-6-12/h7-8,10-12H,4-6,9H2,1-3H3,(H,14,15). The Labute approximate surface area is 98.3 Å². The molecular formula is C13H23N3. The fraction of sp³-hybridized carbons (Fsp3) is 0.769. The van der Waals surface area contributed by atoms with Gasteiger partial charge in [-0.1, -0.05) is 20.3 Å². The molecule has 0 saturated heterocycles. The largest absolute Gasteiger partial charge is 0.353 e. The van der Waals surface area contributed by atoms with E-state index in [0.29, 0.717) is 12.0 Å². The summed E-state index contributed by atoms with van der Waals surface area (Å²) in [7, 11) is 0. The number of hydrogen-bond donors (Lipinski definition) is 1. The smallest absolute Gasteiger partial charge is 0.202 e. The normalized spacial score (nSPS) is 18.5. The van der Waals surface area contributed by atoms with Crippen LogP contribution in [-0.4, -0.2) is 15.6 Å². The van der Waals surface area contributed by atoms with Crippen molar-refractivity contribution in [3.8, 4) is 0 Å². The van der Waals surface area contributed by atoms with Gasteiger partial charge in [0.15, 0.2) is 0 Å². The molecule has 2 rings (SSSR count). The fourth-order valence-corrected chi connectivity index (χ4v) is 2.25. The van der Waals surface area contributed by atoms with Gasteiger partial charge in [0.2, 0.25) is 5.95 Å². The third-order valence-corrected chi connectivity index (χ3v) is 3.49. The Morgan fingerprint density at radius 3 is 2.75 bits per heavy atom. The fourth-order valence-electron chi connectivity index (χ4n) is 2.25. The second-order valence-electron chi connectivity index (χ2n) is 5.42. The molecule has 0 amide bonds. The van der Waals surface area contributed by atoms with Gasteiger partial charge in [-0.05, 0) is 31.6 Å². The lowest BCUT2D eigenvalue weighted by atomic mass is 9.80. The van der Waals surface area contributed by atoms with Crippen LogP contribution in [0.25, 0.3) is 0 Å². The summed E-state index contributed by atoms with van der Waals surface area (Å²) in [6.45, 7) is 7.79. The van der Waals surface area contributed by atoms with Crippen LogP contribution in [0.2, 0.25) is 0 Å². The average molecular weight is 221 g/mol. The van der Waals surface area contributed by atoms with Crippen LogP contribution in [0.1, 0.15) is 40.0 Å². The number of nitrogens with one attached hydrogen (secondary N) is 1. The lowest BCUT2D eigenvalue weighted by Gasteiger charge is -2.32. The third-order valence-electron chi connectivity index (χ3n) is 3.49. The van der Waals surface area contributed by atoms with Crippen LogP contribution in [0.15, 0.2) is 12.4 Å². The van der Waals surface area contributed by atoms with Crippen LogP contribution >= 0.6 is 0 Å². The predicted molar refractivity (Wildman–Crippen MR) is 67.5 cm³/mol. The molecule has 1 heterocycles. The molecule has 1 saturated carbocycles. The molecular weight excluding hydrogens is 198 g/mol. The average Bonchev–Trinajstić information content (AvgIpc) is 2.48. The van der Waals surface area contributed by atoms with Crippen molar-refractivity contribution in [2.24, 2.45) is 11.8 Å². The van der Waals surface area contributed by atoms with E-state index in [9.17, 15) is 0 Å². The van der Waals surface area contributed by atoms with E-state index in [4.69, 9.17) is 0 Å². The molecule has 90 valence electrons. The maximum absolute atomic E-state index is 4.40. The third kappa shape index (κ3) is 2.57. The van der Waals surface area contributed by atoms with Crippen LogP contribution < -0.4 is 5.32 Å². The van der Waals surface area contributed by atoms with E-state index in [0.717, 1.165) is 18.4 Å². The van der Waals surface area contributed by atoms with E-state index in [1.807, 2.05) is 6.20 Å². The van der Waals surface area contributed by atoms with Crippen molar-refractivity contribution in [2.75, 3.05) is 5.32 Å². The topological polar surface area (TPSA) is 29.9 Å². The highest BCUT2D eigenvalue weighted by molar-refractivity contribution is 5.27. The van der Waals surface area contributed by atoms with Gasteiger partial charge in [0.1, 0.15) is 0 Å². The first-order valence-corrected chi connectivity index (χ1v) is 6.44. The van der Waals surface area contributed by atoms with Crippen molar-refractivity contribution in [3.05, 3.63) is 12.4 Å². The molecule has 1 aromatic rings. The Bertz CT molecular complexity index is 326.